The molecule has 1 atom stereocenters. The van der Waals surface area contributed by atoms with Gasteiger partial charge in [0.2, 0.25) is 0 Å². The Labute approximate surface area is 125 Å². The van der Waals surface area contributed by atoms with E-state index in [9.17, 15) is 14.7 Å². The van der Waals surface area contributed by atoms with Gasteiger partial charge in [0.1, 0.15) is 6.10 Å². The van der Waals surface area contributed by atoms with Crippen LogP contribution in [0.5, 0.6) is 0 Å². The number of hydrogen-bond acceptors (Lipinski definition) is 6. The Morgan fingerprint density at radius 1 is 1.25 bits per heavy atom. The molecule has 0 saturated carbocycles. The van der Waals surface area contributed by atoms with E-state index in [1.54, 1.807) is 19.9 Å². The zero-order chi connectivity index (χ0) is 15.1. The summed E-state index contributed by atoms with van der Waals surface area (Å²) < 4.78 is 10.3. The molecule has 6 nitrogen and oxygen atoms in total. The molecule has 0 radical (unpaired) electrons. The molecule has 0 aliphatic heterocycles. The second-order valence-electron chi connectivity index (χ2n) is 3.86. The average Bonchev–Trinajstić information content (AvgIpc) is 2.39. The van der Waals surface area contributed by atoms with Gasteiger partial charge in [-0.3, -0.25) is 14.6 Å². The first-order valence-corrected chi connectivity index (χ1v) is 6.92. The molecular weight excluding hydrogens is 330 g/mol. The van der Waals surface area contributed by atoms with Crippen LogP contribution in [0.2, 0.25) is 0 Å². The molecule has 0 aliphatic carbocycles. The lowest BCUT2D eigenvalue weighted by Gasteiger charge is -2.20. The van der Waals surface area contributed by atoms with Gasteiger partial charge >= 0.3 is 11.9 Å². The fraction of sp³-hybridized carbons (Fsp3) is 0.462. The van der Waals surface area contributed by atoms with Crippen molar-refractivity contribution < 1.29 is 24.2 Å². The molecule has 1 N–H and O–H groups in total. The van der Waals surface area contributed by atoms with Crippen LogP contribution in [0.4, 0.5) is 0 Å². The van der Waals surface area contributed by atoms with E-state index in [0.717, 1.165) is 0 Å². The molecule has 0 aliphatic rings. The van der Waals surface area contributed by atoms with Crippen molar-refractivity contribution in [2.75, 3.05) is 13.2 Å². The summed E-state index contributed by atoms with van der Waals surface area (Å²) >= 11 is 3.21. The Morgan fingerprint density at radius 2 is 1.80 bits per heavy atom. The maximum Gasteiger partial charge on any atom is 0.323 e. The van der Waals surface area contributed by atoms with Crippen molar-refractivity contribution in [3.05, 3.63) is 28.5 Å². The van der Waals surface area contributed by atoms with Crippen molar-refractivity contribution >= 4 is 27.9 Å². The Morgan fingerprint density at radius 3 is 2.25 bits per heavy atom. The van der Waals surface area contributed by atoms with Crippen LogP contribution in [0.3, 0.4) is 0 Å². The monoisotopic (exact) mass is 345 g/mol. The number of aromatic nitrogens is 1. The number of esters is 2. The molecule has 0 amide bonds. The highest BCUT2D eigenvalue weighted by molar-refractivity contribution is 9.10. The third kappa shape index (κ3) is 4.28. The molecule has 0 saturated heterocycles. The number of nitrogens with zero attached hydrogens (tertiary/aromatic N) is 1. The quantitative estimate of drug-likeness (QED) is 0.622. The highest BCUT2D eigenvalue weighted by Crippen LogP contribution is 2.26. The van der Waals surface area contributed by atoms with Gasteiger partial charge in [0, 0.05) is 22.4 Å². The van der Waals surface area contributed by atoms with Crippen molar-refractivity contribution in [3.63, 3.8) is 0 Å². The zero-order valence-electron chi connectivity index (χ0n) is 11.2. The molecule has 110 valence electrons. The van der Waals surface area contributed by atoms with Crippen molar-refractivity contribution in [2.24, 2.45) is 5.92 Å². The molecule has 1 heterocycles. The fourth-order valence-electron chi connectivity index (χ4n) is 1.60. The third-order valence-corrected chi connectivity index (χ3v) is 2.90. The summed E-state index contributed by atoms with van der Waals surface area (Å²) in [5.74, 6) is -3.07. The molecule has 1 unspecified atom stereocenters. The summed E-state index contributed by atoms with van der Waals surface area (Å²) in [6.45, 7) is 3.46. The minimum Gasteiger partial charge on any atom is -0.465 e. The smallest absolute Gasteiger partial charge is 0.323 e. The molecule has 1 rings (SSSR count). The molecule has 1 aromatic rings. The lowest BCUT2D eigenvalue weighted by Crippen LogP contribution is -2.33. The number of pyridine rings is 1. The van der Waals surface area contributed by atoms with Crippen LogP contribution in [0.15, 0.2) is 22.9 Å². The zero-order valence-corrected chi connectivity index (χ0v) is 12.8. The number of rotatable bonds is 6. The summed E-state index contributed by atoms with van der Waals surface area (Å²) in [7, 11) is 0. The Bertz CT molecular complexity index is 462. The van der Waals surface area contributed by atoms with E-state index in [0.29, 0.717) is 10.0 Å². The second kappa shape index (κ2) is 7.96. The summed E-state index contributed by atoms with van der Waals surface area (Å²) in [5, 5.41) is 10.2. The van der Waals surface area contributed by atoms with Crippen molar-refractivity contribution in [3.8, 4) is 0 Å². The van der Waals surface area contributed by atoms with Crippen molar-refractivity contribution in [1.29, 1.82) is 0 Å². The highest BCUT2D eigenvalue weighted by Gasteiger charge is 2.37. The Kier molecular flexibility index (Phi) is 6.60. The van der Waals surface area contributed by atoms with Crippen LogP contribution in [-0.2, 0) is 19.1 Å². The van der Waals surface area contributed by atoms with Gasteiger partial charge < -0.3 is 14.6 Å². The van der Waals surface area contributed by atoms with Gasteiger partial charge in [-0.15, -0.1) is 0 Å². The topological polar surface area (TPSA) is 85.7 Å². The van der Waals surface area contributed by atoms with Gasteiger partial charge in [-0.05, 0) is 35.8 Å². The van der Waals surface area contributed by atoms with Crippen LogP contribution in [0.1, 0.15) is 25.5 Å². The van der Waals surface area contributed by atoms with Crippen molar-refractivity contribution in [2.45, 2.75) is 20.0 Å². The number of aliphatic hydroxyl groups excluding tert-OH is 1. The minimum atomic E-state index is -1.43. The molecule has 0 fully saturated rings. The van der Waals surface area contributed by atoms with E-state index in [1.165, 1.54) is 12.4 Å². The third-order valence-electron chi connectivity index (χ3n) is 2.46. The minimum absolute atomic E-state index is 0.109. The van der Waals surface area contributed by atoms with Crippen LogP contribution in [0.25, 0.3) is 0 Å². The lowest BCUT2D eigenvalue weighted by molar-refractivity contribution is -0.167. The van der Waals surface area contributed by atoms with Crippen LogP contribution < -0.4 is 0 Å². The van der Waals surface area contributed by atoms with E-state index in [-0.39, 0.29) is 13.2 Å². The number of ether oxygens (including phenoxy) is 2. The fourth-order valence-corrected chi connectivity index (χ4v) is 1.98. The summed E-state index contributed by atoms with van der Waals surface area (Å²) in [6.07, 6.45) is 1.53. The summed E-state index contributed by atoms with van der Waals surface area (Å²) in [6, 6.07) is 1.57. The molecule has 20 heavy (non-hydrogen) atoms. The maximum atomic E-state index is 11.8. The molecule has 7 heteroatoms. The Hall–Kier alpha value is -1.47. The van der Waals surface area contributed by atoms with E-state index < -0.39 is 24.0 Å². The first-order chi connectivity index (χ1) is 9.51. The highest BCUT2D eigenvalue weighted by atomic mass is 79.9. The second-order valence-corrected chi connectivity index (χ2v) is 4.78. The van der Waals surface area contributed by atoms with Crippen LogP contribution in [0, 0.1) is 5.92 Å². The molecule has 0 aromatic carbocycles. The number of aliphatic hydroxyl groups is 1. The molecule has 0 spiro atoms. The van der Waals surface area contributed by atoms with E-state index in [2.05, 4.69) is 20.9 Å². The largest absolute Gasteiger partial charge is 0.465 e. The molecular formula is C13H16BrNO5. The SMILES string of the molecule is CCOC(=O)C(C(=O)OCC)C(O)c1cncc(Br)c1. The van der Waals surface area contributed by atoms with Crippen LogP contribution in [-0.4, -0.2) is 35.2 Å². The van der Waals surface area contributed by atoms with Gasteiger partial charge in [0.15, 0.2) is 5.92 Å². The molecule has 1 aromatic heterocycles. The Balaban J connectivity index is 3.02. The predicted molar refractivity (Wildman–Crippen MR) is 73.7 cm³/mol. The van der Waals surface area contributed by atoms with E-state index in [1.807, 2.05) is 0 Å². The van der Waals surface area contributed by atoms with Gasteiger partial charge in [0.05, 0.1) is 13.2 Å². The summed E-state index contributed by atoms with van der Waals surface area (Å²) in [5.41, 5.74) is 0.325. The van der Waals surface area contributed by atoms with Gasteiger partial charge in [-0.2, -0.15) is 0 Å². The number of hydrogen-bond donors (Lipinski definition) is 1. The number of carbonyl (C=O) groups excluding carboxylic acids is 2. The number of carbonyl (C=O) groups is 2. The van der Waals surface area contributed by atoms with Gasteiger partial charge in [-0.25, -0.2) is 0 Å². The van der Waals surface area contributed by atoms with Crippen molar-refractivity contribution in [1.82, 2.24) is 4.98 Å². The standard InChI is InChI=1S/C13H16BrNO5/c1-3-19-12(17)10(13(18)20-4-2)11(16)8-5-9(14)7-15-6-8/h5-7,10-11,16H,3-4H2,1-2H3. The van der Waals surface area contributed by atoms with E-state index in [4.69, 9.17) is 9.47 Å². The number of halogens is 1. The normalized spacial score (nSPS) is 12.1. The maximum absolute atomic E-state index is 11.8. The summed E-state index contributed by atoms with van der Waals surface area (Å²) in [4.78, 5) is 27.6. The van der Waals surface area contributed by atoms with Crippen LogP contribution >= 0.6 is 15.9 Å². The lowest BCUT2D eigenvalue weighted by atomic mass is 9.97. The van der Waals surface area contributed by atoms with Gasteiger partial charge in [0.25, 0.3) is 0 Å². The average molecular weight is 346 g/mol. The van der Waals surface area contributed by atoms with Gasteiger partial charge in [-0.1, -0.05) is 0 Å². The first-order valence-electron chi connectivity index (χ1n) is 6.13. The molecule has 0 bridgehead atoms. The predicted octanol–water partition coefficient (Wildman–Crippen LogP) is 1.62. The van der Waals surface area contributed by atoms with E-state index >= 15 is 0 Å². The first kappa shape index (κ1) is 16.6.